The van der Waals surface area contributed by atoms with Crippen molar-refractivity contribution in [2.75, 3.05) is 32.2 Å². The molecule has 7 nitrogen and oxygen atoms in total. The zero-order valence-electron chi connectivity index (χ0n) is 19.9. The summed E-state index contributed by atoms with van der Waals surface area (Å²) in [5.41, 5.74) is 3.16. The van der Waals surface area contributed by atoms with Crippen LogP contribution in [0.1, 0.15) is 31.1 Å². The Balaban J connectivity index is 1.89. The second-order valence-corrected chi connectivity index (χ2v) is 8.09. The van der Waals surface area contributed by atoms with Gasteiger partial charge in [-0.05, 0) is 74.9 Å². The lowest BCUT2D eigenvalue weighted by molar-refractivity contribution is -0.112. The van der Waals surface area contributed by atoms with E-state index in [-0.39, 0.29) is 10.7 Å². The van der Waals surface area contributed by atoms with Gasteiger partial charge in [-0.15, -0.1) is 0 Å². The van der Waals surface area contributed by atoms with E-state index < -0.39 is 11.7 Å². The molecule has 1 N–H and O–H groups in total. The maximum absolute atomic E-state index is 12.9. The van der Waals surface area contributed by atoms with Crippen LogP contribution in [0, 0.1) is 0 Å². The quantitative estimate of drug-likeness (QED) is 0.535. The summed E-state index contributed by atoms with van der Waals surface area (Å²) in [5, 5.41) is 2.68. The fourth-order valence-electron chi connectivity index (χ4n) is 3.27. The Morgan fingerprint density at radius 1 is 1.03 bits per heavy atom. The lowest BCUT2D eigenvalue weighted by atomic mass is 10.0. The van der Waals surface area contributed by atoms with Crippen molar-refractivity contribution in [1.82, 2.24) is 5.32 Å². The molecule has 2 aromatic rings. The molecule has 0 aromatic heterocycles. The van der Waals surface area contributed by atoms with Gasteiger partial charge in [0.2, 0.25) is 5.78 Å². The molecule has 1 amide bonds. The first-order chi connectivity index (χ1) is 16.2. The first-order valence-corrected chi connectivity index (χ1v) is 11.3. The SMILES string of the molecule is CCOc1ccc(C(=O)NC2=CC(=Nc3ccc(N(C)C)cc3)C(C)=C(Cl)C2=O)cc1OCC. The third kappa shape index (κ3) is 5.66. The predicted molar refractivity (Wildman–Crippen MR) is 136 cm³/mol. The van der Waals surface area contributed by atoms with Crippen LogP contribution < -0.4 is 19.7 Å². The summed E-state index contributed by atoms with van der Waals surface area (Å²) in [6.45, 7) is 6.33. The van der Waals surface area contributed by atoms with Gasteiger partial charge in [0, 0.05) is 25.3 Å². The van der Waals surface area contributed by atoms with Crippen LogP contribution in [0.5, 0.6) is 11.5 Å². The number of ketones is 1. The smallest absolute Gasteiger partial charge is 0.255 e. The lowest BCUT2D eigenvalue weighted by Gasteiger charge is -2.17. The van der Waals surface area contributed by atoms with Gasteiger partial charge < -0.3 is 19.7 Å². The lowest BCUT2D eigenvalue weighted by Crippen LogP contribution is -2.31. The van der Waals surface area contributed by atoms with Crippen LogP contribution in [0.3, 0.4) is 0 Å². The molecule has 0 saturated heterocycles. The van der Waals surface area contributed by atoms with E-state index in [4.69, 9.17) is 21.1 Å². The topological polar surface area (TPSA) is 80.2 Å². The highest BCUT2D eigenvalue weighted by molar-refractivity contribution is 6.49. The van der Waals surface area contributed by atoms with Gasteiger partial charge in [-0.2, -0.15) is 0 Å². The molecule has 0 saturated carbocycles. The van der Waals surface area contributed by atoms with E-state index in [1.807, 2.05) is 57.1 Å². The number of allylic oxidation sites excluding steroid dienone is 3. The number of hydrogen-bond donors (Lipinski definition) is 1. The molecule has 1 aliphatic carbocycles. The molecule has 0 fully saturated rings. The number of halogens is 1. The van der Waals surface area contributed by atoms with Crippen molar-refractivity contribution in [2.45, 2.75) is 20.8 Å². The number of nitrogens with zero attached hydrogens (tertiary/aromatic N) is 2. The van der Waals surface area contributed by atoms with E-state index in [2.05, 4.69) is 10.3 Å². The molecule has 2 aromatic carbocycles. The number of anilines is 1. The van der Waals surface area contributed by atoms with Crippen molar-refractivity contribution in [3.8, 4) is 11.5 Å². The van der Waals surface area contributed by atoms with Crippen LogP contribution in [0.2, 0.25) is 0 Å². The van der Waals surface area contributed by atoms with E-state index in [0.717, 1.165) is 5.69 Å². The van der Waals surface area contributed by atoms with Crippen LogP contribution in [0.4, 0.5) is 11.4 Å². The molecule has 0 atom stereocenters. The number of benzene rings is 2. The van der Waals surface area contributed by atoms with Crippen molar-refractivity contribution in [1.29, 1.82) is 0 Å². The fraction of sp³-hybridized carbons (Fsp3) is 0.269. The minimum absolute atomic E-state index is 0.0168. The number of hydrogen-bond acceptors (Lipinski definition) is 6. The number of amides is 1. The second-order valence-electron chi connectivity index (χ2n) is 7.72. The van der Waals surface area contributed by atoms with Crippen LogP contribution in [-0.2, 0) is 4.79 Å². The molecule has 3 rings (SSSR count). The molecule has 0 bridgehead atoms. The maximum Gasteiger partial charge on any atom is 0.255 e. The highest BCUT2D eigenvalue weighted by Gasteiger charge is 2.26. The number of ether oxygens (including phenoxy) is 2. The Labute approximate surface area is 204 Å². The maximum atomic E-state index is 12.9. The third-order valence-electron chi connectivity index (χ3n) is 5.11. The summed E-state index contributed by atoms with van der Waals surface area (Å²) < 4.78 is 11.1. The van der Waals surface area contributed by atoms with Crippen molar-refractivity contribution in [3.05, 3.63) is 70.4 Å². The normalized spacial score (nSPS) is 14.7. The second kappa shape index (κ2) is 11.0. The summed E-state index contributed by atoms with van der Waals surface area (Å²) in [7, 11) is 3.92. The van der Waals surface area contributed by atoms with Gasteiger partial charge in [0.05, 0.1) is 35.3 Å². The summed E-state index contributed by atoms with van der Waals surface area (Å²) in [4.78, 5) is 32.3. The van der Waals surface area contributed by atoms with E-state index in [1.54, 1.807) is 31.2 Å². The molecule has 0 radical (unpaired) electrons. The van der Waals surface area contributed by atoms with Crippen molar-refractivity contribution >= 4 is 40.4 Å². The van der Waals surface area contributed by atoms with Gasteiger partial charge in [-0.3, -0.25) is 9.59 Å². The Bertz CT molecular complexity index is 1180. The molecule has 1 aliphatic rings. The molecule has 0 unspecified atom stereocenters. The van der Waals surface area contributed by atoms with E-state index in [0.29, 0.717) is 47.2 Å². The zero-order valence-corrected chi connectivity index (χ0v) is 20.7. The number of aliphatic imine (C=N–C) groups is 1. The van der Waals surface area contributed by atoms with E-state index in [9.17, 15) is 9.59 Å². The highest BCUT2D eigenvalue weighted by atomic mass is 35.5. The Kier molecular flexibility index (Phi) is 8.12. The Hall–Kier alpha value is -3.58. The van der Waals surface area contributed by atoms with Crippen molar-refractivity contribution < 1.29 is 19.1 Å². The molecule has 0 aliphatic heterocycles. The zero-order chi connectivity index (χ0) is 24.8. The minimum Gasteiger partial charge on any atom is -0.490 e. The Morgan fingerprint density at radius 2 is 1.68 bits per heavy atom. The number of rotatable bonds is 8. The summed E-state index contributed by atoms with van der Waals surface area (Å²) in [6, 6.07) is 12.5. The highest BCUT2D eigenvalue weighted by Crippen LogP contribution is 2.29. The molecular weight excluding hydrogens is 454 g/mol. The predicted octanol–water partition coefficient (Wildman–Crippen LogP) is 5.03. The monoisotopic (exact) mass is 481 g/mol. The molecule has 178 valence electrons. The van der Waals surface area contributed by atoms with Gasteiger partial charge in [0.1, 0.15) is 0 Å². The standard InChI is InChI=1S/C26H28ClN3O4/c1-6-33-22-13-8-17(14-23(22)34-7-2)26(32)29-21-15-20(16(3)24(27)25(21)31)28-18-9-11-19(12-10-18)30(4)5/h8-15H,6-7H2,1-5H3,(H,29,32). The summed E-state index contributed by atoms with van der Waals surface area (Å²) >= 11 is 6.31. The van der Waals surface area contributed by atoms with E-state index >= 15 is 0 Å². The molecule has 0 heterocycles. The average molecular weight is 482 g/mol. The third-order valence-corrected chi connectivity index (χ3v) is 5.56. The van der Waals surface area contributed by atoms with Gasteiger partial charge in [0.25, 0.3) is 5.91 Å². The van der Waals surface area contributed by atoms with Gasteiger partial charge in [-0.25, -0.2) is 4.99 Å². The minimum atomic E-state index is -0.470. The number of carbonyl (C=O) groups excluding carboxylic acids is 2. The average Bonchev–Trinajstić information content (AvgIpc) is 2.82. The molecule has 34 heavy (non-hydrogen) atoms. The molecule has 8 heteroatoms. The van der Waals surface area contributed by atoms with Crippen LogP contribution in [0.25, 0.3) is 0 Å². The number of carbonyl (C=O) groups is 2. The molecule has 0 spiro atoms. The van der Waals surface area contributed by atoms with Crippen LogP contribution in [-0.4, -0.2) is 44.7 Å². The van der Waals surface area contributed by atoms with Crippen molar-refractivity contribution in [2.24, 2.45) is 4.99 Å². The largest absolute Gasteiger partial charge is 0.490 e. The Morgan fingerprint density at radius 3 is 2.29 bits per heavy atom. The van der Waals surface area contributed by atoms with Crippen LogP contribution >= 0.6 is 11.6 Å². The molecular formula is C26H28ClN3O4. The van der Waals surface area contributed by atoms with Gasteiger partial charge >= 0.3 is 0 Å². The van der Waals surface area contributed by atoms with Crippen molar-refractivity contribution in [3.63, 3.8) is 0 Å². The first kappa shape index (κ1) is 25.1. The summed E-state index contributed by atoms with van der Waals surface area (Å²) in [6.07, 6.45) is 1.54. The number of Topliss-reactive ketones (excluding diaryl/α,β-unsaturated/α-hetero) is 1. The summed E-state index contributed by atoms with van der Waals surface area (Å²) in [5.74, 6) is 0.0657. The van der Waals surface area contributed by atoms with E-state index in [1.165, 1.54) is 0 Å². The first-order valence-electron chi connectivity index (χ1n) is 10.9. The number of nitrogens with one attached hydrogen (secondary N) is 1. The fourth-order valence-corrected chi connectivity index (χ4v) is 3.47. The van der Waals surface area contributed by atoms with Gasteiger partial charge in [0.15, 0.2) is 11.5 Å². The van der Waals surface area contributed by atoms with Crippen LogP contribution in [0.15, 0.2) is 69.8 Å². The van der Waals surface area contributed by atoms with Gasteiger partial charge in [-0.1, -0.05) is 11.6 Å².